The normalized spacial score (nSPS) is 11.4. The molecule has 2 aromatic rings. The maximum atomic E-state index is 5.97. The van der Waals surface area contributed by atoms with E-state index in [0.29, 0.717) is 24.8 Å². The van der Waals surface area contributed by atoms with Gasteiger partial charge in [0, 0.05) is 17.1 Å². The molecule has 0 saturated carbocycles. The van der Waals surface area contributed by atoms with Crippen molar-refractivity contribution >= 4 is 11.6 Å². The van der Waals surface area contributed by atoms with E-state index < -0.39 is 0 Å². The highest BCUT2D eigenvalue weighted by Gasteiger charge is 2.19. The summed E-state index contributed by atoms with van der Waals surface area (Å²) in [6.07, 6.45) is 0. The number of benzene rings is 2. The van der Waals surface area contributed by atoms with Gasteiger partial charge in [0.1, 0.15) is 24.7 Å². The lowest BCUT2D eigenvalue weighted by atomic mass is 9.85. The molecule has 130 valence electrons. The van der Waals surface area contributed by atoms with Crippen LogP contribution in [0.2, 0.25) is 5.02 Å². The smallest absolute Gasteiger partial charge is 0.124 e. The third-order valence-electron chi connectivity index (χ3n) is 3.78. The van der Waals surface area contributed by atoms with Crippen LogP contribution in [0.3, 0.4) is 0 Å². The second-order valence-corrected chi connectivity index (χ2v) is 7.34. The van der Waals surface area contributed by atoms with Gasteiger partial charge in [-0.15, -0.1) is 0 Å². The van der Waals surface area contributed by atoms with Gasteiger partial charge in [-0.2, -0.15) is 0 Å². The molecule has 24 heavy (non-hydrogen) atoms. The zero-order chi connectivity index (χ0) is 17.7. The van der Waals surface area contributed by atoms with Crippen LogP contribution in [0.25, 0.3) is 0 Å². The van der Waals surface area contributed by atoms with E-state index in [4.69, 9.17) is 26.8 Å². The third-order valence-corrected chi connectivity index (χ3v) is 4.02. The van der Waals surface area contributed by atoms with Crippen molar-refractivity contribution in [2.45, 2.75) is 39.7 Å². The van der Waals surface area contributed by atoms with Gasteiger partial charge in [-0.25, -0.2) is 0 Å². The molecule has 0 radical (unpaired) electrons. The molecular weight excluding hydrogens is 322 g/mol. The fraction of sp³-hybridized carbons (Fsp3) is 0.400. The Balaban J connectivity index is 1.98. The molecule has 2 N–H and O–H groups in total. The maximum absolute atomic E-state index is 5.97. The van der Waals surface area contributed by atoms with Crippen LogP contribution in [0, 0.1) is 6.92 Å². The Morgan fingerprint density at radius 2 is 1.58 bits per heavy atom. The number of hydrogen-bond acceptors (Lipinski definition) is 3. The number of halogens is 1. The van der Waals surface area contributed by atoms with E-state index in [0.717, 1.165) is 17.1 Å². The van der Waals surface area contributed by atoms with E-state index in [1.807, 2.05) is 18.2 Å². The quantitative estimate of drug-likeness (QED) is 0.759. The lowest BCUT2D eigenvalue weighted by Crippen LogP contribution is -2.16. The molecule has 0 aromatic heterocycles. The van der Waals surface area contributed by atoms with Crippen LogP contribution in [0.1, 0.15) is 37.5 Å². The Kier molecular flexibility index (Phi) is 6.14. The molecule has 0 saturated heterocycles. The summed E-state index contributed by atoms with van der Waals surface area (Å²) in [5.74, 6) is 1.66. The van der Waals surface area contributed by atoms with E-state index in [-0.39, 0.29) is 5.41 Å². The van der Waals surface area contributed by atoms with Crippen LogP contribution in [-0.2, 0) is 12.0 Å². The Morgan fingerprint density at radius 3 is 2.21 bits per heavy atom. The van der Waals surface area contributed by atoms with Gasteiger partial charge in [0.2, 0.25) is 0 Å². The van der Waals surface area contributed by atoms with Gasteiger partial charge in [0.25, 0.3) is 0 Å². The van der Waals surface area contributed by atoms with Crippen molar-refractivity contribution in [3.05, 3.63) is 58.1 Å². The molecular formula is C20H26ClNO2. The lowest BCUT2D eigenvalue weighted by molar-refractivity contribution is 0.213. The molecule has 0 spiro atoms. The van der Waals surface area contributed by atoms with E-state index in [2.05, 4.69) is 39.8 Å². The van der Waals surface area contributed by atoms with Gasteiger partial charge < -0.3 is 15.2 Å². The average molecular weight is 348 g/mol. The molecule has 2 aromatic carbocycles. The minimum Gasteiger partial charge on any atom is -0.490 e. The summed E-state index contributed by atoms with van der Waals surface area (Å²) in [4.78, 5) is 0. The molecule has 0 aliphatic heterocycles. The van der Waals surface area contributed by atoms with E-state index in [1.54, 1.807) is 6.07 Å². The first kappa shape index (κ1) is 18.6. The molecule has 0 aliphatic carbocycles. The Bertz CT molecular complexity index is 693. The standard InChI is InChI=1S/C20H26ClNO2/c1-14-5-7-19(17(11-14)20(2,3)4)24-10-9-23-18-8-6-16(21)12-15(18)13-22/h5-8,11-12H,9-10,13,22H2,1-4H3. The molecule has 0 heterocycles. The van der Waals surface area contributed by atoms with Crippen molar-refractivity contribution in [1.82, 2.24) is 0 Å². The first-order chi connectivity index (χ1) is 11.3. The lowest BCUT2D eigenvalue weighted by Gasteiger charge is -2.23. The number of ether oxygens (including phenoxy) is 2. The largest absolute Gasteiger partial charge is 0.490 e. The second kappa shape index (κ2) is 7.91. The summed E-state index contributed by atoms with van der Waals surface area (Å²) in [5.41, 5.74) is 9.09. The van der Waals surface area contributed by atoms with Crippen molar-refractivity contribution < 1.29 is 9.47 Å². The van der Waals surface area contributed by atoms with Crippen LogP contribution < -0.4 is 15.2 Å². The summed E-state index contributed by atoms with van der Waals surface area (Å²) in [5, 5.41) is 0.661. The molecule has 0 fully saturated rings. The van der Waals surface area contributed by atoms with Gasteiger partial charge in [0.05, 0.1) is 0 Å². The van der Waals surface area contributed by atoms with Crippen LogP contribution in [0.15, 0.2) is 36.4 Å². The van der Waals surface area contributed by atoms with Gasteiger partial charge in [-0.05, 0) is 42.2 Å². The average Bonchev–Trinajstić information content (AvgIpc) is 2.52. The molecule has 0 aliphatic rings. The highest BCUT2D eigenvalue weighted by molar-refractivity contribution is 6.30. The zero-order valence-corrected chi connectivity index (χ0v) is 15.6. The fourth-order valence-electron chi connectivity index (χ4n) is 2.51. The van der Waals surface area contributed by atoms with Gasteiger partial charge >= 0.3 is 0 Å². The zero-order valence-electron chi connectivity index (χ0n) is 14.9. The first-order valence-electron chi connectivity index (χ1n) is 8.16. The molecule has 2 rings (SSSR count). The van der Waals surface area contributed by atoms with Crippen LogP contribution >= 0.6 is 11.6 Å². The predicted octanol–water partition coefficient (Wildman–Crippen LogP) is 4.86. The number of aryl methyl sites for hydroxylation is 1. The van der Waals surface area contributed by atoms with Crippen LogP contribution in [0.5, 0.6) is 11.5 Å². The van der Waals surface area contributed by atoms with Crippen molar-refractivity contribution in [2.24, 2.45) is 5.73 Å². The van der Waals surface area contributed by atoms with E-state index in [1.165, 1.54) is 11.1 Å². The SMILES string of the molecule is Cc1ccc(OCCOc2ccc(Cl)cc2CN)c(C(C)(C)C)c1. The second-order valence-electron chi connectivity index (χ2n) is 6.90. The molecule has 4 heteroatoms. The Labute approximate surface area is 149 Å². The minimum absolute atomic E-state index is 0.0328. The minimum atomic E-state index is 0.0328. The van der Waals surface area contributed by atoms with Gasteiger partial charge in [-0.3, -0.25) is 0 Å². The summed E-state index contributed by atoms with van der Waals surface area (Å²) < 4.78 is 11.7. The molecule has 3 nitrogen and oxygen atoms in total. The van der Waals surface area contributed by atoms with Crippen LogP contribution in [0.4, 0.5) is 0 Å². The molecule has 0 unspecified atom stereocenters. The van der Waals surface area contributed by atoms with Gasteiger partial charge in [-0.1, -0.05) is 50.1 Å². The fourth-order valence-corrected chi connectivity index (χ4v) is 2.70. The number of nitrogens with two attached hydrogens (primary N) is 1. The van der Waals surface area contributed by atoms with Crippen LogP contribution in [-0.4, -0.2) is 13.2 Å². The summed E-state index contributed by atoms with van der Waals surface area (Å²) in [7, 11) is 0. The maximum Gasteiger partial charge on any atom is 0.124 e. The highest BCUT2D eigenvalue weighted by atomic mass is 35.5. The molecule has 0 bridgehead atoms. The highest BCUT2D eigenvalue weighted by Crippen LogP contribution is 2.32. The summed E-state index contributed by atoms with van der Waals surface area (Å²) in [6.45, 7) is 9.97. The van der Waals surface area contributed by atoms with E-state index >= 15 is 0 Å². The summed E-state index contributed by atoms with van der Waals surface area (Å²) >= 11 is 5.97. The number of hydrogen-bond donors (Lipinski definition) is 1. The first-order valence-corrected chi connectivity index (χ1v) is 8.54. The topological polar surface area (TPSA) is 44.5 Å². The van der Waals surface area contributed by atoms with Crippen molar-refractivity contribution in [3.8, 4) is 11.5 Å². The molecule has 0 amide bonds. The summed E-state index contributed by atoms with van der Waals surface area (Å²) in [6, 6.07) is 11.8. The van der Waals surface area contributed by atoms with E-state index in [9.17, 15) is 0 Å². The van der Waals surface area contributed by atoms with Gasteiger partial charge in [0.15, 0.2) is 0 Å². The van der Waals surface area contributed by atoms with Crippen molar-refractivity contribution in [3.63, 3.8) is 0 Å². The van der Waals surface area contributed by atoms with Crippen molar-refractivity contribution in [1.29, 1.82) is 0 Å². The molecule has 0 atom stereocenters. The Morgan fingerprint density at radius 1 is 0.958 bits per heavy atom. The third kappa shape index (κ3) is 4.89. The van der Waals surface area contributed by atoms with Crippen molar-refractivity contribution in [2.75, 3.05) is 13.2 Å². The monoisotopic (exact) mass is 347 g/mol. The predicted molar refractivity (Wildman–Crippen MR) is 100 cm³/mol. The number of rotatable bonds is 6. The Hall–Kier alpha value is -1.71.